The van der Waals surface area contributed by atoms with Crippen LogP contribution in [0.3, 0.4) is 0 Å². The zero-order valence-corrected chi connectivity index (χ0v) is 11.8. The van der Waals surface area contributed by atoms with Crippen LogP contribution in [0.25, 0.3) is 0 Å². The first-order chi connectivity index (χ1) is 7.96. The number of nitrogens with zero attached hydrogens (tertiary/aromatic N) is 3. The Balaban J connectivity index is 2.52. The van der Waals surface area contributed by atoms with Gasteiger partial charge in [0.25, 0.3) is 0 Å². The molecule has 0 aliphatic carbocycles. The fourth-order valence-electron chi connectivity index (χ4n) is 1.78. The van der Waals surface area contributed by atoms with E-state index in [0.717, 1.165) is 25.3 Å². The molecule has 1 aromatic rings. The van der Waals surface area contributed by atoms with Gasteiger partial charge in [0, 0.05) is 18.5 Å². The molecule has 1 atom stereocenters. The number of aryl methyl sites for hydroxylation is 1. The molecule has 0 amide bonds. The van der Waals surface area contributed by atoms with E-state index in [1.54, 1.807) is 6.33 Å². The van der Waals surface area contributed by atoms with Crippen LogP contribution in [0.2, 0.25) is 0 Å². The second-order valence-corrected chi connectivity index (χ2v) is 5.60. The highest BCUT2D eigenvalue weighted by molar-refractivity contribution is 4.88. The van der Waals surface area contributed by atoms with Gasteiger partial charge < -0.3 is 5.32 Å². The van der Waals surface area contributed by atoms with Gasteiger partial charge in [-0.25, -0.2) is 4.98 Å². The highest BCUT2D eigenvalue weighted by atomic mass is 15.3. The van der Waals surface area contributed by atoms with E-state index in [9.17, 15) is 0 Å². The Kier molecular flexibility index (Phi) is 5.12. The van der Waals surface area contributed by atoms with E-state index in [-0.39, 0.29) is 5.54 Å². The molecule has 0 spiro atoms. The minimum atomic E-state index is 0.186. The molecular formula is C13H26N4. The second-order valence-electron chi connectivity index (χ2n) is 5.60. The smallest absolute Gasteiger partial charge is 0.138 e. The Bertz CT molecular complexity index is 324. The van der Waals surface area contributed by atoms with Crippen LogP contribution in [0.4, 0.5) is 0 Å². The van der Waals surface area contributed by atoms with Crippen molar-refractivity contribution in [2.45, 2.75) is 59.5 Å². The lowest BCUT2D eigenvalue weighted by molar-refractivity contribution is 0.356. The molecule has 0 saturated carbocycles. The molecule has 0 bridgehead atoms. The first-order valence-corrected chi connectivity index (χ1v) is 6.58. The molecule has 0 radical (unpaired) electrons. The van der Waals surface area contributed by atoms with E-state index < -0.39 is 0 Å². The Morgan fingerprint density at radius 3 is 2.59 bits per heavy atom. The van der Waals surface area contributed by atoms with E-state index in [1.807, 2.05) is 4.68 Å². The lowest BCUT2D eigenvalue weighted by Crippen LogP contribution is -2.39. The fourth-order valence-corrected chi connectivity index (χ4v) is 1.78. The topological polar surface area (TPSA) is 42.7 Å². The van der Waals surface area contributed by atoms with Crippen molar-refractivity contribution in [3.63, 3.8) is 0 Å². The van der Waals surface area contributed by atoms with Crippen LogP contribution in [0.5, 0.6) is 0 Å². The van der Waals surface area contributed by atoms with Crippen molar-refractivity contribution in [1.29, 1.82) is 0 Å². The van der Waals surface area contributed by atoms with Crippen LogP contribution in [0.15, 0.2) is 6.33 Å². The molecule has 4 nitrogen and oxygen atoms in total. The average Bonchev–Trinajstić information content (AvgIpc) is 2.70. The molecule has 1 unspecified atom stereocenters. The molecule has 1 heterocycles. The third-order valence-corrected chi connectivity index (χ3v) is 2.96. The quantitative estimate of drug-likeness (QED) is 0.826. The Hall–Kier alpha value is -0.900. The minimum absolute atomic E-state index is 0.186. The molecular weight excluding hydrogens is 212 g/mol. The first-order valence-electron chi connectivity index (χ1n) is 6.58. The molecule has 1 N–H and O–H groups in total. The van der Waals surface area contributed by atoms with E-state index >= 15 is 0 Å². The predicted octanol–water partition coefficient (Wildman–Crippen LogP) is 2.25. The molecule has 0 aromatic carbocycles. The van der Waals surface area contributed by atoms with Crippen LogP contribution < -0.4 is 5.32 Å². The number of aromatic nitrogens is 3. The van der Waals surface area contributed by atoms with Crippen molar-refractivity contribution in [2.24, 2.45) is 5.92 Å². The van der Waals surface area contributed by atoms with Gasteiger partial charge in [-0.1, -0.05) is 13.3 Å². The lowest BCUT2D eigenvalue weighted by Gasteiger charge is -2.24. The summed E-state index contributed by atoms with van der Waals surface area (Å²) in [5.74, 6) is 1.73. The van der Waals surface area contributed by atoms with Crippen LogP contribution in [0.1, 0.15) is 46.9 Å². The molecule has 1 aromatic heterocycles. The van der Waals surface area contributed by atoms with Gasteiger partial charge in [0.1, 0.15) is 12.2 Å². The molecule has 0 aliphatic heterocycles. The lowest BCUT2D eigenvalue weighted by atomic mass is 10.00. The third kappa shape index (κ3) is 4.86. The second kappa shape index (κ2) is 6.15. The van der Waals surface area contributed by atoms with Crippen molar-refractivity contribution in [3.8, 4) is 0 Å². The molecule has 1 rings (SSSR count). The van der Waals surface area contributed by atoms with Crippen molar-refractivity contribution in [2.75, 3.05) is 6.54 Å². The Morgan fingerprint density at radius 1 is 1.35 bits per heavy atom. The van der Waals surface area contributed by atoms with Crippen molar-refractivity contribution >= 4 is 0 Å². The zero-order chi connectivity index (χ0) is 12.9. The maximum atomic E-state index is 4.34. The predicted molar refractivity (Wildman–Crippen MR) is 70.9 cm³/mol. The summed E-state index contributed by atoms with van der Waals surface area (Å²) in [6.45, 7) is 12.9. The molecule has 0 fully saturated rings. The average molecular weight is 238 g/mol. The Morgan fingerprint density at radius 2 is 2.06 bits per heavy atom. The molecule has 0 saturated heterocycles. The minimum Gasteiger partial charge on any atom is -0.312 e. The fraction of sp³-hybridized carbons (Fsp3) is 0.846. The van der Waals surface area contributed by atoms with Gasteiger partial charge in [0.2, 0.25) is 0 Å². The van der Waals surface area contributed by atoms with Gasteiger partial charge in [-0.05, 0) is 40.2 Å². The zero-order valence-electron chi connectivity index (χ0n) is 11.8. The number of hydrogen-bond donors (Lipinski definition) is 1. The summed E-state index contributed by atoms with van der Waals surface area (Å²) in [6, 6.07) is 0. The summed E-state index contributed by atoms with van der Waals surface area (Å²) in [5.41, 5.74) is 0.186. The largest absolute Gasteiger partial charge is 0.312 e. The third-order valence-electron chi connectivity index (χ3n) is 2.96. The van der Waals surface area contributed by atoms with E-state index in [4.69, 9.17) is 0 Å². The van der Waals surface area contributed by atoms with E-state index in [2.05, 4.69) is 50.0 Å². The molecule has 4 heteroatoms. The highest BCUT2D eigenvalue weighted by Gasteiger charge is 2.15. The SMILES string of the molecule is CCC(CNC(C)(C)C)Cc1ncnn1CC. The number of rotatable bonds is 6. The van der Waals surface area contributed by atoms with Gasteiger partial charge in [0.05, 0.1) is 0 Å². The van der Waals surface area contributed by atoms with Crippen LogP contribution >= 0.6 is 0 Å². The van der Waals surface area contributed by atoms with Gasteiger partial charge in [0.15, 0.2) is 0 Å². The summed E-state index contributed by atoms with van der Waals surface area (Å²) < 4.78 is 1.99. The van der Waals surface area contributed by atoms with Gasteiger partial charge >= 0.3 is 0 Å². The van der Waals surface area contributed by atoms with Crippen molar-refractivity contribution in [1.82, 2.24) is 20.1 Å². The first kappa shape index (κ1) is 14.2. The van der Waals surface area contributed by atoms with Crippen LogP contribution in [-0.2, 0) is 13.0 Å². The normalized spacial score (nSPS) is 13.9. The van der Waals surface area contributed by atoms with E-state index in [1.165, 1.54) is 6.42 Å². The van der Waals surface area contributed by atoms with Crippen molar-refractivity contribution < 1.29 is 0 Å². The van der Waals surface area contributed by atoms with Crippen LogP contribution in [-0.4, -0.2) is 26.8 Å². The molecule has 17 heavy (non-hydrogen) atoms. The van der Waals surface area contributed by atoms with Gasteiger partial charge in [-0.2, -0.15) is 5.10 Å². The maximum Gasteiger partial charge on any atom is 0.138 e. The summed E-state index contributed by atoms with van der Waals surface area (Å²) in [5, 5.41) is 7.78. The summed E-state index contributed by atoms with van der Waals surface area (Å²) >= 11 is 0. The van der Waals surface area contributed by atoms with Crippen LogP contribution in [0, 0.1) is 5.92 Å². The van der Waals surface area contributed by atoms with Gasteiger partial charge in [-0.3, -0.25) is 4.68 Å². The molecule has 98 valence electrons. The monoisotopic (exact) mass is 238 g/mol. The number of hydrogen-bond acceptors (Lipinski definition) is 3. The van der Waals surface area contributed by atoms with E-state index in [0.29, 0.717) is 5.92 Å². The van der Waals surface area contributed by atoms with Gasteiger partial charge in [-0.15, -0.1) is 0 Å². The van der Waals surface area contributed by atoms with Crippen molar-refractivity contribution in [3.05, 3.63) is 12.2 Å². The maximum absolute atomic E-state index is 4.34. The summed E-state index contributed by atoms with van der Waals surface area (Å²) in [6.07, 6.45) is 3.83. The highest BCUT2D eigenvalue weighted by Crippen LogP contribution is 2.11. The summed E-state index contributed by atoms with van der Waals surface area (Å²) in [7, 11) is 0. The molecule has 0 aliphatic rings. The standard InChI is InChI=1S/C13H26N4/c1-6-11(9-15-13(3,4)5)8-12-14-10-16-17(12)7-2/h10-11,15H,6-9H2,1-5H3. The number of nitrogens with one attached hydrogen (secondary N) is 1. The Labute approximate surface area is 105 Å². The summed E-state index contributed by atoms with van der Waals surface area (Å²) in [4.78, 5) is 4.34.